The highest BCUT2D eigenvalue weighted by atomic mass is 16.5. The zero-order chi connectivity index (χ0) is 21.2. The Morgan fingerprint density at radius 3 is 2.52 bits per heavy atom. The Bertz CT molecular complexity index is 890. The van der Waals surface area contributed by atoms with Crippen molar-refractivity contribution in [2.24, 2.45) is 0 Å². The van der Waals surface area contributed by atoms with E-state index in [-0.39, 0.29) is 5.91 Å². The number of anilines is 1. The summed E-state index contributed by atoms with van der Waals surface area (Å²) in [6.45, 7) is 2.52. The second-order valence-electron chi connectivity index (χ2n) is 7.11. The van der Waals surface area contributed by atoms with Crippen molar-refractivity contribution < 1.29 is 28.7 Å². The molecule has 0 aliphatic carbocycles. The maximum absolute atomic E-state index is 12.5. The number of hydrogen-bond donors (Lipinski definition) is 2. The van der Waals surface area contributed by atoms with E-state index in [1.54, 1.807) is 32.0 Å². The lowest BCUT2D eigenvalue weighted by atomic mass is 9.93. The van der Waals surface area contributed by atoms with Gasteiger partial charge in [0.15, 0.2) is 12.4 Å². The van der Waals surface area contributed by atoms with E-state index in [1.165, 1.54) is 0 Å². The molecule has 2 N–H and O–H groups in total. The first kappa shape index (κ1) is 20.5. The first-order chi connectivity index (χ1) is 13.8. The number of ether oxygens (including phenoxy) is 1. The number of esters is 1. The van der Waals surface area contributed by atoms with Crippen LogP contribution in [0.2, 0.25) is 0 Å². The fraction of sp³-hybridized carbons (Fsp3) is 0.450. The van der Waals surface area contributed by atoms with Gasteiger partial charge in [0.05, 0.1) is 0 Å². The van der Waals surface area contributed by atoms with Gasteiger partial charge in [-0.25, -0.2) is 4.79 Å². The molecule has 2 aliphatic heterocycles. The third-order valence-corrected chi connectivity index (χ3v) is 5.43. The smallest absolute Gasteiger partial charge is 0.326 e. The van der Waals surface area contributed by atoms with E-state index in [9.17, 15) is 24.0 Å². The molecule has 154 valence electrons. The van der Waals surface area contributed by atoms with Crippen molar-refractivity contribution in [3.8, 4) is 0 Å². The summed E-state index contributed by atoms with van der Waals surface area (Å²) in [6, 6.07) is 4.22. The summed E-state index contributed by atoms with van der Waals surface area (Å²) >= 11 is 0. The van der Waals surface area contributed by atoms with Crippen LogP contribution < -0.4 is 10.6 Å². The molecule has 0 unspecified atom stereocenters. The van der Waals surface area contributed by atoms with Crippen molar-refractivity contribution in [3.05, 3.63) is 29.3 Å². The highest BCUT2D eigenvalue weighted by Crippen LogP contribution is 2.25. The third kappa shape index (κ3) is 3.98. The molecule has 0 radical (unpaired) electrons. The Hall–Kier alpha value is -3.23. The number of urea groups is 1. The predicted molar refractivity (Wildman–Crippen MR) is 102 cm³/mol. The van der Waals surface area contributed by atoms with E-state index in [4.69, 9.17) is 4.74 Å². The quantitative estimate of drug-likeness (QED) is 0.405. The van der Waals surface area contributed by atoms with Crippen molar-refractivity contribution in [3.63, 3.8) is 0 Å². The van der Waals surface area contributed by atoms with Gasteiger partial charge in [-0.05, 0) is 43.0 Å². The molecule has 3 rings (SSSR count). The lowest BCUT2D eigenvalue weighted by Crippen LogP contribution is -2.46. The number of hydrogen-bond acceptors (Lipinski definition) is 6. The molecule has 0 spiro atoms. The van der Waals surface area contributed by atoms with Gasteiger partial charge in [0.25, 0.3) is 5.91 Å². The van der Waals surface area contributed by atoms with Gasteiger partial charge in [-0.1, -0.05) is 13.8 Å². The van der Waals surface area contributed by atoms with Crippen LogP contribution in [0.1, 0.15) is 49.0 Å². The summed E-state index contributed by atoms with van der Waals surface area (Å²) in [6.07, 6.45) is 1.71. The zero-order valence-corrected chi connectivity index (χ0v) is 16.4. The van der Waals surface area contributed by atoms with Crippen LogP contribution in [0.3, 0.4) is 0 Å². The second-order valence-corrected chi connectivity index (χ2v) is 7.11. The summed E-state index contributed by atoms with van der Waals surface area (Å²) in [7, 11) is 0. The summed E-state index contributed by atoms with van der Waals surface area (Å²) in [5.74, 6) is -1.78. The fourth-order valence-electron chi connectivity index (χ4n) is 3.51. The number of nitrogens with one attached hydrogen (secondary N) is 2. The van der Waals surface area contributed by atoms with Crippen LogP contribution in [0.5, 0.6) is 0 Å². The van der Waals surface area contributed by atoms with Gasteiger partial charge in [-0.3, -0.25) is 24.1 Å². The van der Waals surface area contributed by atoms with E-state index in [2.05, 4.69) is 10.6 Å². The average Bonchev–Trinajstić information content (AvgIpc) is 2.96. The van der Waals surface area contributed by atoms with Gasteiger partial charge in [0.2, 0.25) is 5.91 Å². The summed E-state index contributed by atoms with van der Waals surface area (Å²) in [5, 5.41) is 5.36. The Labute approximate surface area is 167 Å². The van der Waals surface area contributed by atoms with Crippen molar-refractivity contribution in [2.45, 2.75) is 45.1 Å². The number of amides is 4. The van der Waals surface area contributed by atoms with Crippen molar-refractivity contribution in [1.29, 1.82) is 0 Å². The zero-order valence-electron chi connectivity index (χ0n) is 16.4. The minimum atomic E-state index is -0.994. The average molecular weight is 401 g/mol. The number of carbonyl (C=O) groups is 5. The van der Waals surface area contributed by atoms with E-state index >= 15 is 0 Å². The van der Waals surface area contributed by atoms with Gasteiger partial charge in [0.1, 0.15) is 12.1 Å². The number of nitrogens with zero attached hydrogens (tertiary/aromatic N) is 1. The maximum atomic E-state index is 12.5. The highest BCUT2D eigenvalue weighted by molar-refractivity contribution is 6.08. The topological polar surface area (TPSA) is 122 Å². The van der Waals surface area contributed by atoms with Crippen LogP contribution in [-0.2, 0) is 25.5 Å². The minimum absolute atomic E-state index is 0.0684. The van der Waals surface area contributed by atoms with Gasteiger partial charge in [-0.15, -0.1) is 0 Å². The van der Waals surface area contributed by atoms with Gasteiger partial charge < -0.3 is 15.4 Å². The lowest BCUT2D eigenvalue weighted by Gasteiger charge is -2.22. The monoisotopic (exact) mass is 401 g/mol. The Kier molecular flexibility index (Phi) is 5.67. The maximum Gasteiger partial charge on any atom is 0.326 e. The summed E-state index contributed by atoms with van der Waals surface area (Å²) in [4.78, 5) is 61.2. The second kappa shape index (κ2) is 8.02. The number of aryl methyl sites for hydroxylation is 1. The number of ketones is 1. The molecule has 1 aromatic rings. The number of rotatable bonds is 7. The molecule has 0 aromatic heterocycles. The van der Waals surface area contributed by atoms with Gasteiger partial charge in [0, 0.05) is 17.7 Å². The molecular weight excluding hydrogens is 378 g/mol. The van der Waals surface area contributed by atoms with Crippen LogP contribution in [0, 0.1) is 0 Å². The molecular formula is C20H23N3O6. The van der Waals surface area contributed by atoms with E-state index in [0.717, 1.165) is 10.5 Å². The Balaban J connectivity index is 1.57. The number of imide groups is 1. The SMILES string of the molecule is CCC1(CC)NC(=O)N(CC(=O)OCC(=O)c2ccc3c(c2)CCC(=O)N3)C1=O. The molecule has 1 saturated heterocycles. The number of fused-ring (bicyclic) bond motifs is 1. The highest BCUT2D eigenvalue weighted by Gasteiger charge is 2.49. The van der Waals surface area contributed by atoms with Crippen LogP contribution in [-0.4, -0.2) is 53.2 Å². The van der Waals surface area contributed by atoms with Crippen LogP contribution in [0.15, 0.2) is 18.2 Å². The number of carbonyl (C=O) groups excluding carboxylic acids is 5. The van der Waals surface area contributed by atoms with E-state index in [1.807, 2.05) is 0 Å². The van der Waals surface area contributed by atoms with E-state index < -0.39 is 42.4 Å². The number of benzene rings is 1. The fourth-order valence-corrected chi connectivity index (χ4v) is 3.51. The molecule has 4 amide bonds. The summed E-state index contributed by atoms with van der Waals surface area (Å²) < 4.78 is 4.98. The Morgan fingerprint density at radius 2 is 1.86 bits per heavy atom. The molecule has 0 saturated carbocycles. The third-order valence-electron chi connectivity index (χ3n) is 5.43. The van der Waals surface area contributed by atoms with Crippen LogP contribution in [0.25, 0.3) is 0 Å². The van der Waals surface area contributed by atoms with Gasteiger partial charge in [-0.2, -0.15) is 0 Å². The first-order valence-corrected chi connectivity index (χ1v) is 9.55. The molecule has 1 fully saturated rings. The minimum Gasteiger partial charge on any atom is -0.456 e. The number of Topliss-reactive ketones (excluding diaryl/α,β-unsaturated/α-hetero) is 1. The molecule has 0 bridgehead atoms. The van der Waals surface area contributed by atoms with Crippen LogP contribution in [0.4, 0.5) is 10.5 Å². The Morgan fingerprint density at radius 1 is 1.14 bits per heavy atom. The first-order valence-electron chi connectivity index (χ1n) is 9.55. The van der Waals surface area contributed by atoms with Gasteiger partial charge >= 0.3 is 12.0 Å². The van der Waals surface area contributed by atoms with Crippen molar-refractivity contribution in [2.75, 3.05) is 18.5 Å². The molecule has 29 heavy (non-hydrogen) atoms. The largest absolute Gasteiger partial charge is 0.456 e. The van der Waals surface area contributed by atoms with Crippen molar-refractivity contribution >= 4 is 35.3 Å². The van der Waals surface area contributed by atoms with Crippen LogP contribution >= 0.6 is 0 Å². The predicted octanol–water partition coefficient (Wildman–Crippen LogP) is 1.41. The van der Waals surface area contributed by atoms with E-state index in [0.29, 0.717) is 36.9 Å². The summed E-state index contributed by atoms with van der Waals surface area (Å²) in [5.41, 5.74) is 0.880. The molecule has 2 aliphatic rings. The molecule has 9 heteroatoms. The molecule has 2 heterocycles. The molecule has 9 nitrogen and oxygen atoms in total. The van der Waals surface area contributed by atoms with Crippen molar-refractivity contribution in [1.82, 2.24) is 10.2 Å². The standard InChI is InChI=1S/C20H23N3O6/c1-3-20(4-2)18(27)23(19(28)22-20)10-17(26)29-11-15(24)13-5-7-14-12(9-13)6-8-16(25)21-14/h5,7,9H,3-4,6,8,10-11H2,1-2H3,(H,21,25)(H,22,28). The molecule has 0 atom stereocenters. The lowest BCUT2D eigenvalue weighted by molar-refractivity contribution is -0.146. The normalized spacial score (nSPS) is 17.4. The molecule has 1 aromatic carbocycles.